The average Bonchev–Trinajstić information content (AvgIpc) is 2.94. The number of aromatic nitrogens is 4. The van der Waals surface area contributed by atoms with Gasteiger partial charge in [0.2, 0.25) is 5.95 Å². The van der Waals surface area contributed by atoms with E-state index in [1.165, 1.54) is 36.3 Å². The van der Waals surface area contributed by atoms with E-state index in [0.717, 1.165) is 0 Å². The molecule has 0 aromatic carbocycles. The van der Waals surface area contributed by atoms with Crippen LogP contribution in [0.2, 0.25) is 5.02 Å². The standard InChI is InChI=1S/C15H14ClFN6O2/c1-8(25-2)14-11(7-19-13-4-12(17)22-23(13)14)21-15(24)20-10-3-9(16)5-18-6-10/h3-8H,1-2H3,(H2,20,21,24)/t8-/m0/s1. The lowest BCUT2D eigenvalue weighted by atomic mass is 10.2. The largest absolute Gasteiger partial charge is 0.375 e. The van der Waals surface area contributed by atoms with E-state index in [4.69, 9.17) is 16.3 Å². The number of hydrogen-bond acceptors (Lipinski definition) is 5. The number of urea groups is 1. The van der Waals surface area contributed by atoms with E-state index in [0.29, 0.717) is 27.7 Å². The third-order valence-corrected chi connectivity index (χ3v) is 3.65. The van der Waals surface area contributed by atoms with Gasteiger partial charge in [0.25, 0.3) is 0 Å². The van der Waals surface area contributed by atoms with Crippen molar-refractivity contribution in [3.05, 3.63) is 47.4 Å². The van der Waals surface area contributed by atoms with Gasteiger partial charge < -0.3 is 15.4 Å². The number of ether oxygens (including phenoxy) is 1. The Bertz CT molecular complexity index is 932. The topological polar surface area (TPSA) is 93.4 Å². The Balaban J connectivity index is 1.91. The van der Waals surface area contributed by atoms with Crippen LogP contribution in [0.3, 0.4) is 0 Å². The van der Waals surface area contributed by atoms with Gasteiger partial charge in [0.05, 0.1) is 40.6 Å². The molecule has 0 aliphatic heterocycles. The zero-order valence-electron chi connectivity index (χ0n) is 13.3. The van der Waals surface area contributed by atoms with Crippen molar-refractivity contribution in [2.45, 2.75) is 13.0 Å². The van der Waals surface area contributed by atoms with Gasteiger partial charge in [-0.25, -0.2) is 14.3 Å². The molecule has 10 heteroatoms. The van der Waals surface area contributed by atoms with Crippen LogP contribution in [-0.4, -0.2) is 32.7 Å². The Morgan fingerprint density at radius 1 is 1.32 bits per heavy atom. The fourth-order valence-corrected chi connectivity index (χ4v) is 2.46. The van der Waals surface area contributed by atoms with Crippen molar-refractivity contribution in [2.75, 3.05) is 17.7 Å². The Kier molecular flexibility index (Phi) is 4.77. The van der Waals surface area contributed by atoms with Gasteiger partial charge in [-0.05, 0) is 13.0 Å². The predicted octanol–water partition coefficient (Wildman–Crippen LogP) is 3.27. The van der Waals surface area contributed by atoms with Crippen LogP contribution in [0.5, 0.6) is 0 Å². The van der Waals surface area contributed by atoms with Gasteiger partial charge in [0, 0.05) is 19.4 Å². The van der Waals surface area contributed by atoms with E-state index in [-0.39, 0.29) is 0 Å². The fraction of sp³-hybridized carbons (Fsp3) is 0.200. The van der Waals surface area contributed by atoms with Crippen LogP contribution in [0, 0.1) is 5.95 Å². The van der Waals surface area contributed by atoms with Gasteiger partial charge in [-0.2, -0.15) is 4.39 Å². The average molecular weight is 365 g/mol. The molecule has 0 aliphatic carbocycles. The number of methoxy groups -OCH3 is 1. The lowest BCUT2D eigenvalue weighted by molar-refractivity contribution is 0.114. The van der Waals surface area contributed by atoms with Gasteiger partial charge in [-0.1, -0.05) is 11.6 Å². The summed E-state index contributed by atoms with van der Waals surface area (Å²) in [6.45, 7) is 1.75. The highest BCUT2D eigenvalue weighted by molar-refractivity contribution is 6.30. The fourth-order valence-electron chi connectivity index (χ4n) is 2.29. The molecule has 0 saturated carbocycles. The number of anilines is 2. The molecule has 25 heavy (non-hydrogen) atoms. The Labute approximate surface area is 147 Å². The molecule has 0 radical (unpaired) electrons. The number of hydrogen-bond donors (Lipinski definition) is 2. The highest BCUT2D eigenvalue weighted by Gasteiger charge is 2.19. The first-order valence-electron chi connectivity index (χ1n) is 7.23. The van der Waals surface area contributed by atoms with E-state index in [1.807, 2.05) is 0 Å². The maximum Gasteiger partial charge on any atom is 0.323 e. The Hall–Kier alpha value is -2.78. The normalized spacial score (nSPS) is 12.2. The zero-order valence-corrected chi connectivity index (χ0v) is 14.1. The summed E-state index contributed by atoms with van der Waals surface area (Å²) < 4.78 is 20.0. The quantitative estimate of drug-likeness (QED) is 0.741. The number of carbonyl (C=O) groups is 1. The summed E-state index contributed by atoms with van der Waals surface area (Å²) >= 11 is 5.83. The van der Waals surface area contributed by atoms with Crippen LogP contribution in [0.1, 0.15) is 18.7 Å². The van der Waals surface area contributed by atoms with Crippen molar-refractivity contribution in [1.82, 2.24) is 19.6 Å². The minimum absolute atomic E-state index is 0.307. The van der Waals surface area contributed by atoms with Crippen molar-refractivity contribution >= 4 is 34.7 Å². The molecule has 2 amide bonds. The van der Waals surface area contributed by atoms with E-state index in [9.17, 15) is 9.18 Å². The van der Waals surface area contributed by atoms with E-state index in [2.05, 4.69) is 25.7 Å². The number of pyridine rings is 1. The summed E-state index contributed by atoms with van der Waals surface area (Å²) in [7, 11) is 1.50. The molecule has 3 rings (SSSR count). The molecule has 3 aromatic heterocycles. The highest BCUT2D eigenvalue weighted by Crippen LogP contribution is 2.25. The Morgan fingerprint density at radius 2 is 2.12 bits per heavy atom. The molecule has 0 saturated heterocycles. The first-order valence-corrected chi connectivity index (χ1v) is 7.61. The lowest BCUT2D eigenvalue weighted by Gasteiger charge is -2.17. The molecule has 0 aliphatic rings. The second-order valence-electron chi connectivity index (χ2n) is 5.14. The SMILES string of the molecule is CO[C@@H](C)c1c(NC(=O)Nc2cncc(Cl)c2)cnc2cc(F)nn12. The van der Waals surface area contributed by atoms with Gasteiger partial charge >= 0.3 is 6.03 Å². The molecule has 0 unspecified atom stereocenters. The summed E-state index contributed by atoms with van der Waals surface area (Å²) in [6, 6.07) is 2.20. The summed E-state index contributed by atoms with van der Waals surface area (Å²) in [4.78, 5) is 20.2. The van der Waals surface area contributed by atoms with E-state index >= 15 is 0 Å². The summed E-state index contributed by atoms with van der Waals surface area (Å²) in [6.07, 6.45) is 3.85. The van der Waals surface area contributed by atoms with Gasteiger partial charge in [-0.3, -0.25) is 4.98 Å². The van der Waals surface area contributed by atoms with Crippen LogP contribution < -0.4 is 10.6 Å². The van der Waals surface area contributed by atoms with Gasteiger partial charge in [-0.15, -0.1) is 5.10 Å². The van der Waals surface area contributed by atoms with E-state index in [1.54, 1.807) is 13.0 Å². The highest BCUT2D eigenvalue weighted by atomic mass is 35.5. The minimum atomic E-state index is -0.677. The number of amides is 2. The molecule has 130 valence electrons. The smallest absolute Gasteiger partial charge is 0.323 e. The molecule has 8 nitrogen and oxygen atoms in total. The van der Waals surface area contributed by atoms with Gasteiger partial charge in [0.1, 0.15) is 0 Å². The summed E-state index contributed by atoms with van der Waals surface area (Å²) in [5.74, 6) is -0.677. The molecule has 0 spiro atoms. The van der Waals surface area contributed by atoms with Crippen LogP contribution in [0.4, 0.5) is 20.6 Å². The number of halogens is 2. The summed E-state index contributed by atoms with van der Waals surface area (Å²) in [5, 5.41) is 9.39. The number of carbonyl (C=O) groups excluding carboxylic acids is 1. The summed E-state index contributed by atoms with van der Waals surface area (Å²) in [5.41, 5.74) is 1.51. The molecular weight excluding hydrogens is 351 g/mol. The second-order valence-corrected chi connectivity index (χ2v) is 5.58. The van der Waals surface area contributed by atoms with Crippen LogP contribution in [0.25, 0.3) is 5.65 Å². The van der Waals surface area contributed by atoms with Gasteiger partial charge in [0.15, 0.2) is 5.65 Å². The molecule has 3 aromatic rings. The predicted molar refractivity (Wildman–Crippen MR) is 90.3 cm³/mol. The molecular formula is C15H14ClFN6O2. The third kappa shape index (κ3) is 3.67. The molecule has 0 bridgehead atoms. The van der Waals surface area contributed by atoms with Crippen molar-refractivity contribution in [2.24, 2.45) is 0 Å². The van der Waals surface area contributed by atoms with Crippen molar-refractivity contribution in [3.63, 3.8) is 0 Å². The van der Waals surface area contributed by atoms with Crippen LogP contribution in [0.15, 0.2) is 30.7 Å². The first-order chi connectivity index (χ1) is 12.0. The lowest BCUT2D eigenvalue weighted by Crippen LogP contribution is -2.22. The van der Waals surface area contributed by atoms with Crippen LogP contribution >= 0.6 is 11.6 Å². The van der Waals surface area contributed by atoms with Crippen molar-refractivity contribution in [1.29, 1.82) is 0 Å². The number of nitrogens with zero attached hydrogens (tertiary/aromatic N) is 4. The van der Waals surface area contributed by atoms with Crippen LogP contribution in [-0.2, 0) is 4.74 Å². The minimum Gasteiger partial charge on any atom is -0.375 e. The third-order valence-electron chi connectivity index (χ3n) is 3.44. The monoisotopic (exact) mass is 364 g/mol. The van der Waals surface area contributed by atoms with E-state index < -0.39 is 18.1 Å². The molecule has 2 N–H and O–H groups in total. The second kappa shape index (κ2) is 6.99. The molecule has 3 heterocycles. The first kappa shape index (κ1) is 17.1. The maximum atomic E-state index is 13.5. The zero-order chi connectivity index (χ0) is 18.0. The number of fused-ring (bicyclic) bond motifs is 1. The molecule has 1 atom stereocenters. The maximum absolute atomic E-state index is 13.5. The molecule has 0 fully saturated rings. The van der Waals surface area contributed by atoms with Crippen molar-refractivity contribution < 1.29 is 13.9 Å². The Morgan fingerprint density at radius 3 is 2.84 bits per heavy atom. The van der Waals surface area contributed by atoms with Crippen molar-refractivity contribution in [3.8, 4) is 0 Å². The number of rotatable bonds is 4. The number of nitrogens with one attached hydrogen (secondary N) is 2.